The van der Waals surface area contributed by atoms with Gasteiger partial charge in [0, 0.05) is 26.1 Å². The number of likely N-dealkylation sites (tertiary alicyclic amines) is 1. The number of esters is 1. The van der Waals surface area contributed by atoms with Crippen molar-refractivity contribution >= 4 is 11.9 Å². The molecule has 0 aromatic heterocycles. The van der Waals surface area contributed by atoms with Gasteiger partial charge in [-0.15, -0.1) is 0 Å². The Balaban J connectivity index is 2.35. The number of ether oxygens (including phenoxy) is 1. The van der Waals surface area contributed by atoms with Crippen molar-refractivity contribution in [3.8, 4) is 0 Å². The Morgan fingerprint density at radius 3 is 2.93 bits per heavy atom. The van der Waals surface area contributed by atoms with Crippen molar-refractivity contribution in [1.29, 1.82) is 0 Å². The summed E-state index contributed by atoms with van der Waals surface area (Å²) in [6, 6.07) is 0. The Labute approximate surface area is 89.0 Å². The van der Waals surface area contributed by atoms with E-state index in [2.05, 4.69) is 4.74 Å². The first-order chi connectivity index (χ1) is 7.19. The molecule has 1 heterocycles. The van der Waals surface area contributed by atoms with Gasteiger partial charge in [-0.3, -0.25) is 9.59 Å². The van der Waals surface area contributed by atoms with Gasteiger partial charge in [0.25, 0.3) is 0 Å². The van der Waals surface area contributed by atoms with Crippen LogP contribution in [0.3, 0.4) is 0 Å². The van der Waals surface area contributed by atoms with Crippen LogP contribution < -0.4 is 0 Å². The van der Waals surface area contributed by atoms with Gasteiger partial charge in [-0.05, 0) is 12.8 Å². The molecule has 0 aromatic rings. The van der Waals surface area contributed by atoms with Gasteiger partial charge in [0.2, 0.25) is 5.91 Å². The van der Waals surface area contributed by atoms with Gasteiger partial charge >= 0.3 is 5.97 Å². The lowest BCUT2D eigenvalue weighted by Crippen LogP contribution is -2.27. The van der Waals surface area contributed by atoms with E-state index in [4.69, 9.17) is 5.11 Å². The Morgan fingerprint density at radius 1 is 1.60 bits per heavy atom. The molecule has 1 amide bonds. The number of carbonyl (C=O) groups is 2. The number of aliphatic hydroxyl groups is 1. The molecular weight excluding hydrogens is 198 g/mol. The number of unbranched alkanes of at least 4 members (excludes halogenated alkanes) is 1. The van der Waals surface area contributed by atoms with Crippen molar-refractivity contribution < 1.29 is 19.4 Å². The molecule has 0 radical (unpaired) electrons. The van der Waals surface area contributed by atoms with E-state index in [1.807, 2.05) is 0 Å². The number of hydrogen-bond donors (Lipinski definition) is 1. The molecular formula is C10H17NO4. The van der Waals surface area contributed by atoms with Crippen LogP contribution in [0.5, 0.6) is 0 Å². The summed E-state index contributed by atoms with van der Waals surface area (Å²) in [5, 5.41) is 8.61. The second-order valence-corrected chi connectivity index (χ2v) is 3.69. The summed E-state index contributed by atoms with van der Waals surface area (Å²) in [6.45, 7) is 1.21. The van der Waals surface area contributed by atoms with Crippen LogP contribution in [-0.4, -0.2) is 48.7 Å². The molecule has 5 heteroatoms. The van der Waals surface area contributed by atoms with Crippen molar-refractivity contribution in [2.24, 2.45) is 5.92 Å². The predicted molar refractivity (Wildman–Crippen MR) is 53.0 cm³/mol. The maximum Gasteiger partial charge on any atom is 0.310 e. The maximum atomic E-state index is 11.5. The molecule has 0 aromatic carbocycles. The Hall–Kier alpha value is -1.10. The third-order valence-electron chi connectivity index (χ3n) is 2.59. The molecule has 15 heavy (non-hydrogen) atoms. The molecule has 1 N–H and O–H groups in total. The maximum absolute atomic E-state index is 11.5. The molecule has 0 saturated carbocycles. The summed E-state index contributed by atoms with van der Waals surface area (Å²) in [5.41, 5.74) is 0. The summed E-state index contributed by atoms with van der Waals surface area (Å²) < 4.78 is 4.60. The standard InChI is InChI=1S/C10H17NO4/c1-15-10(14)8-6-9(13)11(7-8)4-2-3-5-12/h8,12H,2-7H2,1H3. The third kappa shape index (κ3) is 3.20. The summed E-state index contributed by atoms with van der Waals surface area (Å²) in [5.74, 6) is -0.618. The fourth-order valence-corrected chi connectivity index (χ4v) is 1.73. The van der Waals surface area contributed by atoms with Crippen molar-refractivity contribution in [3.63, 3.8) is 0 Å². The van der Waals surface area contributed by atoms with Gasteiger partial charge in [0.1, 0.15) is 0 Å². The van der Waals surface area contributed by atoms with Gasteiger partial charge in [0.05, 0.1) is 13.0 Å². The molecule has 1 unspecified atom stereocenters. The fourth-order valence-electron chi connectivity index (χ4n) is 1.73. The summed E-state index contributed by atoms with van der Waals surface area (Å²) in [7, 11) is 1.33. The molecule has 1 aliphatic heterocycles. The first-order valence-corrected chi connectivity index (χ1v) is 5.15. The van der Waals surface area contributed by atoms with Crippen LogP contribution in [0.15, 0.2) is 0 Å². The van der Waals surface area contributed by atoms with E-state index in [1.54, 1.807) is 4.90 Å². The van der Waals surface area contributed by atoms with Crippen LogP contribution in [0.1, 0.15) is 19.3 Å². The topological polar surface area (TPSA) is 66.8 Å². The summed E-state index contributed by atoms with van der Waals surface area (Å²) in [6.07, 6.45) is 1.72. The summed E-state index contributed by atoms with van der Waals surface area (Å²) in [4.78, 5) is 24.3. The first kappa shape index (κ1) is 12.0. The lowest BCUT2D eigenvalue weighted by molar-refractivity contribution is -0.145. The van der Waals surface area contributed by atoms with Crippen LogP contribution >= 0.6 is 0 Å². The number of rotatable bonds is 5. The number of methoxy groups -OCH3 is 1. The minimum Gasteiger partial charge on any atom is -0.469 e. The van der Waals surface area contributed by atoms with E-state index >= 15 is 0 Å². The molecule has 1 aliphatic rings. The number of aliphatic hydroxyl groups excluding tert-OH is 1. The van der Waals surface area contributed by atoms with Gasteiger partial charge in [0.15, 0.2) is 0 Å². The molecule has 1 rings (SSSR count). The molecule has 86 valence electrons. The van der Waals surface area contributed by atoms with Crippen LogP contribution in [0.2, 0.25) is 0 Å². The average molecular weight is 215 g/mol. The van der Waals surface area contributed by atoms with Crippen LogP contribution in [0, 0.1) is 5.92 Å². The highest BCUT2D eigenvalue weighted by atomic mass is 16.5. The zero-order valence-corrected chi connectivity index (χ0v) is 8.94. The lowest BCUT2D eigenvalue weighted by Gasteiger charge is -2.15. The van der Waals surface area contributed by atoms with E-state index in [9.17, 15) is 9.59 Å². The highest BCUT2D eigenvalue weighted by Gasteiger charge is 2.34. The lowest BCUT2D eigenvalue weighted by atomic mass is 10.1. The first-order valence-electron chi connectivity index (χ1n) is 5.15. The Kier molecular flexibility index (Phi) is 4.55. The minimum atomic E-state index is -0.312. The molecule has 1 saturated heterocycles. The monoisotopic (exact) mass is 215 g/mol. The summed E-state index contributed by atoms with van der Waals surface area (Å²) >= 11 is 0. The molecule has 0 spiro atoms. The van der Waals surface area contributed by atoms with Gasteiger partial charge in [-0.1, -0.05) is 0 Å². The quantitative estimate of drug-likeness (QED) is 0.508. The third-order valence-corrected chi connectivity index (χ3v) is 2.59. The number of hydrogen-bond acceptors (Lipinski definition) is 4. The van der Waals surface area contributed by atoms with Gasteiger partial charge in [-0.2, -0.15) is 0 Å². The van der Waals surface area contributed by atoms with Crippen LogP contribution in [-0.2, 0) is 14.3 Å². The Bertz CT molecular complexity index is 242. The minimum absolute atomic E-state index is 0.00309. The second-order valence-electron chi connectivity index (χ2n) is 3.69. The van der Waals surface area contributed by atoms with E-state index in [-0.39, 0.29) is 30.8 Å². The molecule has 1 fully saturated rings. The largest absolute Gasteiger partial charge is 0.469 e. The van der Waals surface area contributed by atoms with Crippen molar-refractivity contribution in [2.45, 2.75) is 19.3 Å². The van der Waals surface area contributed by atoms with E-state index in [0.29, 0.717) is 19.5 Å². The number of carbonyl (C=O) groups excluding carboxylic acids is 2. The molecule has 0 bridgehead atoms. The smallest absolute Gasteiger partial charge is 0.310 e. The predicted octanol–water partition coefficient (Wildman–Crippen LogP) is -0.220. The van der Waals surface area contributed by atoms with Crippen molar-refractivity contribution in [2.75, 3.05) is 26.8 Å². The van der Waals surface area contributed by atoms with E-state index in [0.717, 1.165) is 6.42 Å². The highest BCUT2D eigenvalue weighted by molar-refractivity contribution is 5.86. The zero-order chi connectivity index (χ0) is 11.3. The van der Waals surface area contributed by atoms with Crippen LogP contribution in [0.4, 0.5) is 0 Å². The number of amides is 1. The van der Waals surface area contributed by atoms with Crippen molar-refractivity contribution in [3.05, 3.63) is 0 Å². The zero-order valence-electron chi connectivity index (χ0n) is 8.94. The van der Waals surface area contributed by atoms with Crippen molar-refractivity contribution in [1.82, 2.24) is 4.90 Å². The normalized spacial score (nSPS) is 20.8. The average Bonchev–Trinajstić information content (AvgIpc) is 2.60. The van der Waals surface area contributed by atoms with E-state index in [1.165, 1.54) is 7.11 Å². The second kappa shape index (κ2) is 5.70. The van der Waals surface area contributed by atoms with Crippen LogP contribution in [0.25, 0.3) is 0 Å². The van der Waals surface area contributed by atoms with Gasteiger partial charge < -0.3 is 14.7 Å². The molecule has 1 atom stereocenters. The van der Waals surface area contributed by atoms with E-state index < -0.39 is 0 Å². The SMILES string of the molecule is COC(=O)C1CC(=O)N(CCCCO)C1. The molecule has 0 aliphatic carbocycles. The number of nitrogens with zero attached hydrogens (tertiary/aromatic N) is 1. The Morgan fingerprint density at radius 2 is 2.33 bits per heavy atom. The molecule has 5 nitrogen and oxygen atoms in total. The highest BCUT2D eigenvalue weighted by Crippen LogP contribution is 2.19. The fraction of sp³-hybridized carbons (Fsp3) is 0.800. The van der Waals surface area contributed by atoms with Gasteiger partial charge in [-0.25, -0.2) is 0 Å².